The molecule has 2 saturated heterocycles. The Hall–Kier alpha value is -2.16. The Balaban J connectivity index is 1.61. The molecule has 3 heterocycles. The van der Waals surface area contributed by atoms with Gasteiger partial charge in [-0.25, -0.2) is 4.79 Å². The number of hydrogen-bond donors (Lipinski definition) is 2. The van der Waals surface area contributed by atoms with E-state index in [-0.39, 0.29) is 29.1 Å². The smallest absolute Gasteiger partial charge is 0.351 e. The van der Waals surface area contributed by atoms with Crippen molar-refractivity contribution in [2.24, 2.45) is 0 Å². The molecule has 2 N–H and O–H groups in total. The van der Waals surface area contributed by atoms with Crippen LogP contribution >= 0.6 is 11.8 Å². The first kappa shape index (κ1) is 17.0. The predicted octanol–water partition coefficient (Wildman–Crippen LogP) is 1.96. The van der Waals surface area contributed by atoms with Crippen LogP contribution in [0.15, 0.2) is 41.3 Å². The van der Waals surface area contributed by atoms with Crippen molar-refractivity contribution in [1.82, 2.24) is 9.55 Å². The zero-order valence-electron chi connectivity index (χ0n) is 16.0. The van der Waals surface area contributed by atoms with Crippen molar-refractivity contribution in [3.63, 3.8) is 0 Å². The van der Waals surface area contributed by atoms with Crippen LogP contribution in [0.25, 0.3) is 0 Å². The summed E-state index contributed by atoms with van der Waals surface area (Å²) in [6, 6.07) is 8.68. The van der Waals surface area contributed by atoms with Gasteiger partial charge in [-0.2, -0.15) is 4.98 Å². The predicted molar refractivity (Wildman–Crippen MR) is 103 cm³/mol. The maximum Gasteiger partial charge on any atom is 0.351 e. The van der Waals surface area contributed by atoms with Crippen molar-refractivity contribution in [2.45, 2.75) is 49.2 Å². The molecule has 2 bridgehead atoms. The number of carbonyl (C=O) groups is 1. The number of aryl methyl sites for hydroxylation is 1. The van der Waals surface area contributed by atoms with Crippen molar-refractivity contribution in [3.8, 4) is 0 Å². The molecular weight excluding hydrogens is 366 g/mol. The summed E-state index contributed by atoms with van der Waals surface area (Å²) >= 11 is 1.52. The van der Waals surface area contributed by atoms with Gasteiger partial charge in [0.25, 0.3) is 5.91 Å². The highest BCUT2D eigenvalue weighted by molar-refractivity contribution is 8.01. The lowest BCUT2D eigenvalue weighted by molar-refractivity contribution is -0.0913. The highest BCUT2D eigenvalue weighted by Crippen LogP contribution is 2.55. The van der Waals surface area contributed by atoms with Gasteiger partial charge >= 0.3 is 5.69 Å². The van der Waals surface area contributed by atoms with Crippen LogP contribution in [0.1, 0.15) is 37.3 Å². The summed E-state index contributed by atoms with van der Waals surface area (Å²) < 4.78 is 15.2. The molecule has 2 aliphatic rings. The summed E-state index contributed by atoms with van der Waals surface area (Å²) in [7, 11) is 0. The average Bonchev–Trinajstić information content (AvgIpc) is 3.11. The second-order valence-electron chi connectivity index (χ2n) is 6.93. The van der Waals surface area contributed by atoms with E-state index in [4.69, 9.17) is 6.11 Å². The summed E-state index contributed by atoms with van der Waals surface area (Å²) in [5.74, 6) is -0.160. The second-order valence-corrected chi connectivity index (χ2v) is 8.46. The molecule has 1 aromatic carbocycles. The Morgan fingerprint density at radius 1 is 1.44 bits per heavy atom. The molecule has 8 heteroatoms. The minimum atomic E-state index is -0.979. The third kappa shape index (κ3) is 2.88. The Morgan fingerprint density at radius 3 is 2.85 bits per heavy atom. The van der Waals surface area contributed by atoms with Gasteiger partial charge in [0.2, 0.25) is 0 Å². The minimum absolute atomic E-state index is 0.0320. The number of rotatable bonds is 3. The lowest BCUT2D eigenvalue weighted by atomic mass is 9.96. The van der Waals surface area contributed by atoms with Crippen LogP contribution in [-0.2, 0) is 4.74 Å². The summed E-state index contributed by atoms with van der Waals surface area (Å²) in [5, 5.41) is 12.9. The topological polar surface area (TPSA) is 93.5 Å². The van der Waals surface area contributed by atoms with E-state index in [1.54, 1.807) is 37.4 Å². The molecule has 1 amide bonds. The van der Waals surface area contributed by atoms with E-state index in [1.165, 1.54) is 16.3 Å². The third-order valence-corrected chi connectivity index (χ3v) is 6.77. The zero-order valence-corrected chi connectivity index (χ0v) is 15.8. The highest BCUT2D eigenvalue weighted by Gasteiger charge is 2.62. The van der Waals surface area contributed by atoms with Crippen LogP contribution in [0.4, 0.5) is 5.82 Å². The van der Waals surface area contributed by atoms with Gasteiger partial charge in [0, 0.05) is 23.9 Å². The number of aromatic nitrogens is 2. The molecule has 0 unspecified atom stereocenters. The van der Waals surface area contributed by atoms with E-state index in [0.717, 1.165) is 0 Å². The Labute approximate surface area is 162 Å². The molecule has 7 nitrogen and oxygen atoms in total. The highest BCUT2D eigenvalue weighted by atomic mass is 32.2. The molecule has 2 aromatic rings. The molecule has 0 aliphatic carbocycles. The van der Waals surface area contributed by atoms with Crippen molar-refractivity contribution >= 4 is 23.5 Å². The number of benzene rings is 1. The lowest BCUT2D eigenvalue weighted by Gasteiger charge is -2.33. The number of aliphatic hydroxyl groups excluding tert-OH is 1. The molecule has 2 aliphatic heterocycles. The third-order valence-electron chi connectivity index (χ3n) is 5.16. The van der Waals surface area contributed by atoms with Gasteiger partial charge in [-0.05, 0) is 26.0 Å². The molecule has 4 rings (SSSR count). The number of hydrogen-bond acceptors (Lipinski definition) is 6. The van der Waals surface area contributed by atoms with E-state index in [0.29, 0.717) is 11.1 Å². The zero-order chi connectivity index (χ0) is 20.1. The van der Waals surface area contributed by atoms with E-state index >= 15 is 0 Å². The van der Waals surface area contributed by atoms with Crippen LogP contribution in [0.2, 0.25) is 0 Å². The number of fused-ring (bicyclic) bond motifs is 2. The molecule has 0 saturated carbocycles. The van der Waals surface area contributed by atoms with E-state index < -0.39 is 23.6 Å². The summed E-state index contributed by atoms with van der Waals surface area (Å²) in [4.78, 5) is 29.0. The molecule has 5 atom stereocenters. The summed E-state index contributed by atoms with van der Waals surface area (Å²) in [5.41, 5.74) is -0.488. The van der Waals surface area contributed by atoms with Gasteiger partial charge in [0.15, 0.2) is 6.23 Å². The monoisotopic (exact) mass is 388 g/mol. The number of aliphatic hydroxyl groups is 1. The molecule has 27 heavy (non-hydrogen) atoms. The van der Waals surface area contributed by atoms with Gasteiger partial charge in [-0.1, -0.05) is 25.1 Å². The second kappa shape index (κ2) is 6.47. The lowest BCUT2D eigenvalue weighted by Crippen LogP contribution is -2.42. The number of anilines is 1. The van der Waals surface area contributed by atoms with Crippen molar-refractivity contribution in [3.05, 3.63) is 58.1 Å². The number of carbonyl (C=O) groups excluding carboxylic acids is 1. The summed E-state index contributed by atoms with van der Waals surface area (Å²) in [6.07, 6.45) is 0.0652. The largest absolute Gasteiger partial charge is 0.389 e. The number of amides is 1. The Kier molecular flexibility index (Phi) is 4.07. The molecule has 2 fully saturated rings. The van der Waals surface area contributed by atoms with Crippen LogP contribution < -0.4 is 11.0 Å². The Bertz CT molecular complexity index is 969. The van der Waals surface area contributed by atoms with Crippen molar-refractivity contribution in [1.29, 1.82) is 0 Å². The fourth-order valence-corrected chi connectivity index (χ4v) is 5.08. The summed E-state index contributed by atoms with van der Waals surface area (Å²) in [6.45, 7) is 3.58. The fraction of sp³-hybridized carbons (Fsp3) is 0.421. The standard InChI is InChI=1S/C19H21N3O4S/c1-10-9-22(17-13-14(23)19(3,26-17)11(2)27-13)18(25)21-15(10)20-16(24)12-7-5-4-6-8-12/h4-9,11,13-14,17,23H,1-3H3,(H,20,21,24,25)/t11-,13-,14+,17-,19+/m1/s1/i3D. The van der Waals surface area contributed by atoms with E-state index in [2.05, 4.69) is 10.3 Å². The van der Waals surface area contributed by atoms with Crippen molar-refractivity contribution < 1.29 is 16.0 Å². The first-order chi connectivity index (χ1) is 13.4. The first-order valence-electron chi connectivity index (χ1n) is 9.35. The average molecular weight is 388 g/mol. The van der Waals surface area contributed by atoms with Gasteiger partial charge in [0.1, 0.15) is 17.5 Å². The van der Waals surface area contributed by atoms with Crippen molar-refractivity contribution in [2.75, 3.05) is 5.32 Å². The molecule has 0 spiro atoms. The molecular formula is C19H21N3O4S. The van der Waals surface area contributed by atoms with Gasteiger partial charge < -0.3 is 15.2 Å². The minimum Gasteiger partial charge on any atom is -0.389 e. The SMILES string of the molecule is [2H]C[C@]12O[C@@H](n3cc(C)c(NC(=O)c4ccccc4)nc3=O)[C@H](S[C@@H]1C)[C@@H]2O. The van der Waals surface area contributed by atoms with Gasteiger partial charge in [0.05, 0.1) is 5.25 Å². The van der Waals surface area contributed by atoms with E-state index in [1.807, 2.05) is 13.0 Å². The van der Waals surface area contributed by atoms with E-state index in [9.17, 15) is 14.7 Å². The maximum atomic E-state index is 12.6. The van der Waals surface area contributed by atoms with Crippen LogP contribution in [-0.4, -0.2) is 42.8 Å². The molecule has 0 radical (unpaired) electrons. The quantitative estimate of drug-likeness (QED) is 0.835. The van der Waals surface area contributed by atoms with Crippen LogP contribution in [0.5, 0.6) is 0 Å². The first-order valence-corrected chi connectivity index (χ1v) is 9.58. The number of nitrogens with one attached hydrogen (secondary N) is 1. The molecule has 142 valence electrons. The normalized spacial score (nSPS) is 32.3. The van der Waals surface area contributed by atoms with Gasteiger partial charge in [-0.15, -0.1) is 11.8 Å². The fourth-order valence-electron chi connectivity index (χ4n) is 3.48. The maximum absolute atomic E-state index is 12.6. The van der Waals surface area contributed by atoms with Crippen LogP contribution in [0.3, 0.4) is 0 Å². The number of thioether (sulfide) groups is 1. The molecule has 1 aromatic heterocycles. The van der Waals surface area contributed by atoms with Crippen LogP contribution in [0, 0.1) is 6.92 Å². The van der Waals surface area contributed by atoms with Gasteiger partial charge in [-0.3, -0.25) is 9.36 Å². The number of nitrogens with zero attached hydrogens (tertiary/aromatic N) is 2. The number of ether oxygens (including phenoxy) is 1. The Morgan fingerprint density at radius 2 is 2.19 bits per heavy atom.